The molecule has 1 saturated carbocycles. The van der Waals surface area contributed by atoms with Gasteiger partial charge in [-0.3, -0.25) is 0 Å². The Hall–Kier alpha value is -0.250. The summed E-state index contributed by atoms with van der Waals surface area (Å²) in [5.41, 5.74) is 0.378. The van der Waals surface area contributed by atoms with Crippen LogP contribution < -0.4 is 0 Å². The van der Waals surface area contributed by atoms with Crippen LogP contribution >= 0.6 is 15.9 Å². The third-order valence-corrected chi connectivity index (χ3v) is 3.80. The molecule has 0 radical (unpaired) electrons. The number of hydrogen-bond acceptors (Lipinski definition) is 2. The Balaban J connectivity index is 1.90. The van der Waals surface area contributed by atoms with E-state index in [9.17, 15) is 4.79 Å². The first-order valence-corrected chi connectivity index (χ1v) is 5.36. The maximum absolute atomic E-state index is 11.1. The molecule has 0 N–H and O–H groups in total. The Labute approximate surface area is 80.2 Å². The Morgan fingerprint density at radius 1 is 1.58 bits per heavy atom. The van der Waals surface area contributed by atoms with Gasteiger partial charge in [-0.2, -0.15) is 0 Å². The summed E-state index contributed by atoms with van der Waals surface area (Å²) < 4.78 is 4.86. The summed E-state index contributed by atoms with van der Waals surface area (Å²) in [6.45, 7) is 2.21. The first-order valence-electron chi connectivity index (χ1n) is 4.23. The monoisotopic (exact) mass is 233 g/mol. The molecule has 3 nitrogen and oxygen atoms in total. The zero-order valence-electron chi connectivity index (χ0n) is 6.88. The minimum absolute atomic E-state index is 0.137. The minimum atomic E-state index is -0.137. The zero-order chi connectivity index (χ0) is 8.60. The number of ether oxygens (including phenoxy) is 1. The molecule has 4 heteroatoms. The van der Waals surface area contributed by atoms with Gasteiger partial charge in [-0.05, 0) is 18.3 Å². The van der Waals surface area contributed by atoms with Gasteiger partial charge in [0.05, 0.1) is 6.54 Å². The molecule has 0 spiro atoms. The summed E-state index contributed by atoms with van der Waals surface area (Å²) in [4.78, 5) is 12.9. The molecule has 0 bridgehead atoms. The van der Waals surface area contributed by atoms with E-state index in [2.05, 4.69) is 15.9 Å². The van der Waals surface area contributed by atoms with Crippen molar-refractivity contribution in [2.75, 3.05) is 25.0 Å². The highest BCUT2D eigenvalue weighted by atomic mass is 79.9. The van der Waals surface area contributed by atoms with E-state index < -0.39 is 0 Å². The fraction of sp³-hybridized carbons (Fsp3) is 0.875. The molecule has 1 aliphatic heterocycles. The molecular weight excluding hydrogens is 222 g/mol. The van der Waals surface area contributed by atoms with E-state index in [4.69, 9.17) is 4.74 Å². The highest BCUT2D eigenvalue weighted by Crippen LogP contribution is 2.47. The van der Waals surface area contributed by atoms with E-state index in [1.54, 1.807) is 0 Å². The van der Waals surface area contributed by atoms with Crippen LogP contribution in [-0.4, -0.2) is 36.0 Å². The van der Waals surface area contributed by atoms with E-state index in [1.807, 2.05) is 4.90 Å². The van der Waals surface area contributed by atoms with Gasteiger partial charge in [0.25, 0.3) is 0 Å². The van der Waals surface area contributed by atoms with Crippen molar-refractivity contribution in [2.45, 2.75) is 12.8 Å². The lowest BCUT2D eigenvalue weighted by molar-refractivity contribution is 0.154. The van der Waals surface area contributed by atoms with Gasteiger partial charge >= 0.3 is 6.09 Å². The first kappa shape index (κ1) is 8.35. The number of hydrogen-bond donors (Lipinski definition) is 0. The summed E-state index contributed by atoms with van der Waals surface area (Å²) >= 11 is 3.48. The van der Waals surface area contributed by atoms with E-state index in [0.29, 0.717) is 12.0 Å². The van der Waals surface area contributed by atoms with Gasteiger partial charge in [0.1, 0.15) is 6.61 Å². The summed E-state index contributed by atoms with van der Waals surface area (Å²) in [7, 11) is 0. The van der Waals surface area contributed by atoms with Gasteiger partial charge in [-0.15, -0.1) is 0 Å². The molecule has 0 unspecified atom stereocenters. The average Bonchev–Trinajstić information content (AvgIpc) is 2.74. The molecule has 1 aliphatic carbocycles. The third kappa shape index (κ3) is 1.44. The molecule has 1 amide bonds. The van der Waals surface area contributed by atoms with E-state index in [1.165, 1.54) is 12.8 Å². The second-order valence-corrected chi connectivity index (χ2v) is 4.23. The Morgan fingerprint density at radius 2 is 2.33 bits per heavy atom. The summed E-state index contributed by atoms with van der Waals surface area (Å²) in [6, 6.07) is 0. The van der Waals surface area contributed by atoms with E-state index in [0.717, 1.165) is 18.4 Å². The van der Waals surface area contributed by atoms with Crippen molar-refractivity contribution in [3.63, 3.8) is 0 Å². The van der Waals surface area contributed by atoms with Crippen LogP contribution in [0.5, 0.6) is 0 Å². The van der Waals surface area contributed by atoms with Crippen LogP contribution in [0, 0.1) is 5.41 Å². The van der Waals surface area contributed by atoms with Gasteiger partial charge in [0.2, 0.25) is 0 Å². The quantitative estimate of drug-likeness (QED) is 0.694. The van der Waals surface area contributed by atoms with Crippen molar-refractivity contribution in [2.24, 2.45) is 5.41 Å². The first-order chi connectivity index (χ1) is 5.76. The molecule has 2 aliphatic rings. The number of alkyl halides is 1. The zero-order valence-corrected chi connectivity index (χ0v) is 8.47. The minimum Gasteiger partial charge on any atom is -0.448 e. The topological polar surface area (TPSA) is 29.5 Å². The van der Waals surface area contributed by atoms with E-state index >= 15 is 0 Å². The van der Waals surface area contributed by atoms with Gasteiger partial charge in [-0.1, -0.05) is 15.9 Å². The van der Waals surface area contributed by atoms with Crippen LogP contribution in [0.4, 0.5) is 4.79 Å². The van der Waals surface area contributed by atoms with Crippen molar-refractivity contribution in [1.29, 1.82) is 0 Å². The van der Waals surface area contributed by atoms with E-state index in [-0.39, 0.29) is 6.09 Å². The molecule has 1 heterocycles. The van der Waals surface area contributed by atoms with Crippen LogP contribution in [0.15, 0.2) is 0 Å². The molecule has 2 fully saturated rings. The maximum Gasteiger partial charge on any atom is 0.409 e. The predicted octanol–water partition coefficient (Wildman–Crippen LogP) is 1.61. The lowest BCUT2D eigenvalue weighted by Gasteiger charge is -2.18. The summed E-state index contributed by atoms with van der Waals surface area (Å²) in [5, 5.41) is 1.00. The number of nitrogens with zero attached hydrogens (tertiary/aromatic N) is 1. The summed E-state index contributed by atoms with van der Waals surface area (Å²) in [6.07, 6.45) is 2.34. The average molecular weight is 234 g/mol. The van der Waals surface area contributed by atoms with Crippen LogP contribution in [0.25, 0.3) is 0 Å². The number of carbonyl (C=O) groups is 1. The highest BCUT2D eigenvalue weighted by molar-refractivity contribution is 9.09. The molecule has 0 atom stereocenters. The lowest BCUT2D eigenvalue weighted by atomic mass is 10.1. The van der Waals surface area contributed by atoms with Crippen LogP contribution in [0.3, 0.4) is 0 Å². The fourth-order valence-electron chi connectivity index (χ4n) is 1.48. The molecule has 68 valence electrons. The van der Waals surface area contributed by atoms with Crippen molar-refractivity contribution in [3.05, 3.63) is 0 Å². The van der Waals surface area contributed by atoms with Crippen molar-refractivity contribution in [3.8, 4) is 0 Å². The molecule has 12 heavy (non-hydrogen) atoms. The molecule has 0 aromatic carbocycles. The fourth-order valence-corrected chi connectivity index (χ4v) is 2.22. The molecule has 0 aromatic rings. The Kier molecular flexibility index (Phi) is 2.02. The van der Waals surface area contributed by atoms with Gasteiger partial charge in [0, 0.05) is 11.9 Å². The lowest BCUT2D eigenvalue weighted by Crippen LogP contribution is -2.31. The molecule has 0 aromatic heterocycles. The third-order valence-electron chi connectivity index (χ3n) is 2.61. The van der Waals surface area contributed by atoms with Crippen molar-refractivity contribution < 1.29 is 9.53 Å². The van der Waals surface area contributed by atoms with Crippen LogP contribution in [0.2, 0.25) is 0 Å². The summed E-state index contributed by atoms with van der Waals surface area (Å²) in [5.74, 6) is 0. The number of cyclic esters (lactones) is 1. The largest absolute Gasteiger partial charge is 0.448 e. The Bertz CT molecular complexity index is 203. The van der Waals surface area contributed by atoms with Crippen LogP contribution in [0.1, 0.15) is 12.8 Å². The number of rotatable bonds is 3. The normalized spacial score (nSPS) is 25.8. The van der Waals surface area contributed by atoms with Gasteiger partial charge < -0.3 is 9.64 Å². The molecule has 1 saturated heterocycles. The second-order valence-electron chi connectivity index (χ2n) is 3.67. The highest BCUT2D eigenvalue weighted by Gasteiger charge is 2.44. The van der Waals surface area contributed by atoms with Crippen LogP contribution in [-0.2, 0) is 4.74 Å². The second kappa shape index (κ2) is 2.91. The van der Waals surface area contributed by atoms with Crippen molar-refractivity contribution >= 4 is 22.0 Å². The number of amides is 1. The standard InChI is InChI=1S/C8H12BrNO2/c9-5-8(1-2-8)6-10-3-4-12-7(10)11/h1-6H2. The number of halogens is 1. The van der Waals surface area contributed by atoms with Gasteiger partial charge in [0.15, 0.2) is 0 Å². The Morgan fingerprint density at radius 3 is 2.75 bits per heavy atom. The molecule has 2 rings (SSSR count). The predicted molar refractivity (Wildman–Crippen MR) is 48.4 cm³/mol. The number of carbonyl (C=O) groups excluding carboxylic acids is 1. The molecular formula is C8H12BrNO2. The van der Waals surface area contributed by atoms with Gasteiger partial charge in [-0.25, -0.2) is 4.79 Å². The maximum atomic E-state index is 11.1. The van der Waals surface area contributed by atoms with Crippen molar-refractivity contribution in [1.82, 2.24) is 4.90 Å². The SMILES string of the molecule is O=C1OCCN1CC1(CBr)CC1. The smallest absolute Gasteiger partial charge is 0.409 e.